The van der Waals surface area contributed by atoms with Crippen molar-refractivity contribution in [3.63, 3.8) is 0 Å². The minimum Gasteiger partial charge on any atom is -0.494 e. The lowest BCUT2D eigenvalue weighted by molar-refractivity contribution is -0.132. The molecule has 0 bridgehead atoms. The van der Waals surface area contributed by atoms with Gasteiger partial charge in [-0.15, -0.1) is 0 Å². The van der Waals surface area contributed by atoms with Gasteiger partial charge < -0.3 is 15.0 Å². The molecule has 0 atom stereocenters. The summed E-state index contributed by atoms with van der Waals surface area (Å²) in [5.74, 6) is 2.00. The van der Waals surface area contributed by atoms with E-state index in [1.165, 1.54) is 37.7 Å². The number of nitrogens with one attached hydrogen (secondary N) is 1. The van der Waals surface area contributed by atoms with E-state index in [0.29, 0.717) is 19.4 Å². The van der Waals surface area contributed by atoms with Crippen molar-refractivity contribution in [3.05, 3.63) is 29.8 Å². The van der Waals surface area contributed by atoms with Gasteiger partial charge in [0.2, 0.25) is 11.8 Å². The third kappa shape index (κ3) is 7.66. The number of carbonyl (C=O) groups is 2. The monoisotopic (exact) mass is 414 g/mol. The van der Waals surface area contributed by atoms with Crippen LogP contribution < -0.4 is 10.1 Å². The van der Waals surface area contributed by atoms with Crippen LogP contribution in [0, 0.1) is 12.8 Å². The fraction of sp³-hybridized carbons (Fsp3) is 0.680. The molecule has 0 radical (unpaired) electrons. The highest BCUT2D eigenvalue weighted by molar-refractivity contribution is 5.77. The molecule has 2 amide bonds. The molecule has 2 aliphatic rings. The first-order valence-electron chi connectivity index (χ1n) is 11.9. The van der Waals surface area contributed by atoms with Crippen LogP contribution in [0.3, 0.4) is 0 Å². The summed E-state index contributed by atoms with van der Waals surface area (Å²) in [4.78, 5) is 26.7. The zero-order valence-electron chi connectivity index (χ0n) is 18.5. The Hall–Kier alpha value is -2.04. The zero-order valence-corrected chi connectivity index (χ0v) is 18.5. The van der Waals surface area contributed by atoms with Crippen LogP contribution in [-0.4, -0.2) is 42.5 Å². The van der Waals surface area contributed by atoms with E-state index in [2.05, 4.69) is 12.2 Å². The first-order valence-corrected chi connectivity index (χ1v) is 11.9. The van der Waals surface area contributed by atoms with E-state index < -0.39 is 0 Å². The van der Waals surface area contributed by atoms with Gasteiger partial charge in [-0.05, 0) is 50.7 Å². The van der Waals surface area contributed by atoms with Crippen LogP contribution in [-0.2, 0) is 9.59 Å². The lowest BCUT2D eigenvalue weighted by atomic mass is 9.86. The third-order valence-electron chi connectivity index (χ3n) is 6.54. The molecule has 5 heteroatoms. The molecule has 3 rings (SSSR count). The Kier molecular flexibility index (Phi) is 9.03. The van der Waals surface area contributed by atoms with Gasteiger partial charge in [-0.1, -0.05) is 49.8 Å². The van der Waals surface area contributed by atoms with Crippen LogP contribution >= 0.6 is 0 Å². The molecule has 1 N–H and O–H groups in total. The van der Waals surface area contributed by atoms with Crippen molar-refractivity contribution in [2.24, 2.45) is 5.92 Å². The molecule has 0 unspecified atom stereocenters. The minimum absolute atomic E-state index is 0.193. The molecule has 1 saturated heterocycles. The average Bonchev–Trinajstić information content (AvgIpc) is 2.77. The maximum Gasteiger partial charge on any atom is 0.222 e. The van der Waals surface area contributed by atoms with Crippen molar-refractivity contribution >= 4 is 11.8 Å². The van der Waals surface area contributed by atoms with Crippen molar-refractivity contribution in [3.8, 4) is 5.75 Å². The Bertz CT molecular complexity index is 659. The largest absolute Gasteiger partial charge is 0.494 e. The number of hydrogen-bond acceptors (Lipinski definition) is 3. The van der Waals surface area contributed by atoms with Crippen LogP contribution in [0.15, 0.2) is 24.3 Å². The molecular formula is C25H38N2O3. The van der Waals surface area contributed by atoms with Crippen LogP contribution in [0.25, 0.3) is 0 Å². The second-order valence-electron chi connectivity index (χ2n) is 9.03. The molecule has 1 aromatic rings. The Morgan fingerprint density at radius 1 is 1.00 bits per heavy atom. The summed E-state index contributed by atoms with van der Waals surface area (Å²) in [6.45, 7) is 4.09. The molecule has 0 spiro atoms. The molecule has 166 valence electrons. The lowest BCUT2D eigenvalue weighted by Crippen LogP contribution is -2.46. The molecule has 5 nitrogen and oxygen atoms in total. The van der Waals surface area contributed by atoms with E-state index in [1.807, 2.05) is 29.2 Å². The Balaban J connectivity index is 1.25. The number of rotatable bonds is 9. The second-order valence-corrected chi connectivity index (χ2v) is 9.03. The first-order chi connectivity index (χ1) is 14.6. The Morgan fingerprint density at radius 3 is 2.40 bits per heavy atom. The molecule has 1 saturated carbocycles. The highest BCUT2D eigenvalue weighted by Gasteiger charge is 2.24. The average molecular weight is 415 g/mol. The van der Waals surface area contributed by atoms with Crippen molar-refractivity contribution < 1.29 is 14.3 Å². The Labute approximate surface area is 181 Å². The maximum atomic E-state index is 12.4. The van der Waals surface area contributed by atoms with Crippen LogP contribution in [0.5, 0.6) is 5.75 Å². The number of nitrogens with zero attached hydrogens (tertiary/aromatic N) is 1. The van der Waals surface area contributed by atoms with Gasteiger partial charge in [0, 0.05) is 32.0 Å². The summed E-state index contributed by atoms with van der Waals surface area (Å²) in [6, 6.07) is 8.20. The minimum atomic E-state index is 0.193. The van der Waals surface area contributed by atoms with E-state index in [-0.39, 0.29) is 17.9 Å². The molecule has 30 heavy (non-hydrogen) atoms. The fourth-order valence-corrected chi connectivity index (χ4v) is 4.59. The van der Waals surface area contributed by atoms with E-state index >= 15 is 0 Å². The topological polar surface area (TPSA) is 58.6 Å². The number of likely N-dealkylation sites (tertiary alicyclic amines) is 1. The van der Waals surface area contributed by atoms with Crippen LogP contribution in [0.2, 0.25) is 0 Å². The van der Waals surface area contributed by atoms with Gasteiger partial charge in [0.25, 0.3) is 0 Å². The lowest BCUT2D eigenvalue weighted by Gasteiger charge is -2.32. The third-order valence-corrected chi connectivity index (χ3v) is 6.54. The predicted molar refractivity (Wildman–Crippen MR) is 119 cm³/mol. The fourth-order valence-electron chi connectivity index (χ4n) is 4.59. The van der Waals surface area contributed by atoms with Gasteiger partial charge in [-0.2, -0.15) is 0 Å². The van der Waals surface area contributed by atoms with E-state index in [1.54, 1.807) is 0 Å². The first kappa shape index (κ1) is 22.6. The molecule has 1 heterocycles. The molecule has 1 aliphatic heterocycles. The molecule has 0 aromatic heterocycles. The molecule has 1 aliphatic carbocycles. The summed E-state index contributed by atoms with van der Waals surface area (Å²) >= 11 is 0. The number of piperidine rings is 1. The van der Waals surface area contributed by atoms with Gasteiger partial charge >= 0.3 is 0 Å². The number of amides is 2. The number of ether oxygens (including phenoxy) is 1. The van der Waals surface area contributed by atoms with E-state index in [4.69, 9.17) is 4.74 Å². The summed E-state index contributed by atoms with van der Waals surface area (Å²) in [5.41, 5.74) is 1.21. The van der Waals surface area contributed by atoms with Gasteiger partial charge in [-0.3, -0.25) is 9.59 Å². The number of aryl methyl sites for hydroxylation is 1. The number of carbonyl (C=O) groups excluding carboxylic acids is 2. The predicted octanol–water partition coefficient (Wildman–Crippen LogP) is 4.62. The highest BCUT2D eigenvalue weighted by atomic mass is 16.5. The molecule has 1 aromatic carbocycles. The molecule has 2 fully saturated rings. The smallest absolute Gasteiger partial charge is 0.222 e. The Morgan fingerprint density at radius 2 is 1.70 bits per heavy atom. The quantitative estimate of drug-likeness (QED) is 0.600. The van der Waals surface area contributed by atoms with Crippen molar-refractivity contribution in [2.45, 2.75) is 83.6 Å². The zero-order chi connectivity index (χ0) is 21.2. The highest BCUT2D eigenvalue weighted by Crippen LogP contribution is 2.27. The SMILES string of the molecule is Cc1ccc(OCCCC(=O)N2CCC(NC(=O)CCC3CCCCC3)CC2)cc1. The summed E-state index contributed by atoms with van der Waals surface area (Å²) in [7, 11) is 0. The number of benzene rings is 1. The number of hydrogen-bond donors (Lipinski definition) is 1. The van der Waals surface area contributed by atoms with Gasteiger partial charge in [0.05, 0.1) is 6.61 Å². The summed E-state index contributed by atoms with van der Waals surface area (Å²) in [6.07, 6.45) is 11.3. The van der Waals surface area contributed by atoms with Crippen LogP contribution in [0.1, 0.15) is 76.2 Å². The maximum absolute atomic E-state index is 12.4. The van der Waals surface area contributed by atoms with Gasteiger partial charge in [-0.25, -0.2) is 0 Å². The normalized spacial score (nSPS) is 18.2. The van der Waals surface area contributed by atoms with Gasteiger partial charge in [0.1, 0.15) is 5.75 Å². The summed E-state index contributed by atoms with van der Waals surface area (Å²) in [5, 5.41) is 3.20. The van der Waals surface area contributed by atoms with Gasteiger partial charge in [0.15, 0.2) is 0 Å². The second kappa shape index (κ2) is 12.0. The standard InChI is InChI=1S/C25H38N2O3/c1-20-9-12-23(13-10-20)30-19-5-8-25(29)27-17-15-22(16-18-27)26-24(28)14-11-21-6-3-2-4-7-21/h9-10,12-13,21-22H,2-8,11,14-19H2,1H3,(H,26,28). The molecular weight excluding hydrogens is 376 g/mol. The summed E-state index contributed by atoms with van der Waals surface area (Å²) < 4.78 is 5.71. The van der Waals surface area contributed by atoms with Crippen molar-refractivity contribution in [1.82, 2.24) is 10.2 Å². The van der Waals surface area contributed by atoms with Crippen molar-refractivity contribution in [1.29, 1.82) is 0 Å². The van der Waals surface area contributed by atoms with Crippen LogP contribution in [0.4, 0.5) is 0 Å². The van der Waals surface area contributed by atoms with E-state index in [0.717, 1.165) is 50.4 Å². The van der Waals surface area contributed by atoms with E-state index in [9.17, 15) is 9.59 Å². The van der Waals surface area contributed by atoms with Crippen molar-refractivity contribution in [2.75, 3.05) is 19.7 Å².